The number of rotatable bonds is 6. The Morgan fingerprint density at radius 1 is 1.31 bits per heavy atom. The van der Waals surface area contributed by atoms with Crippen molar-refractivity contribution < 1.29 is 27.4 Å². The van der Waals surface area contributed by atoms with Crippen molar-refractivity contribution in [3.05, 3.63) is 41.2 Å². The molecule has 1 amide bonds. The number of hydrogen-bond donors (Lipinski definition) is 2. The summed E-state index contributed by atoms with van der Waals surface area (Å²) in [7, 11) is 0. The number of piperazine rings is 1. The molecule has 2 unspecified atom stereocenters. The molecule has 13 heteroatoms. The Hall–Kier alpha value is -3.38. The number of carbonyl (C=O) groups is 1. The number of nitrogens with zero attached hydrogens (tertiary/aromatic N) is 4. The third-order valence-electron chi connectivity index (χ3n) is 5.82. The lowest BCUT2D eigenvalue weighted by Gasteiger charge is -2.27. The number of anilines is 2. The largest absolute Gasteiger partial charge is 0.573 e. The third-order valence-corrected chi connectivity index (χ3v) is 6.12. The van der Waals surface area contributed by atoms with Crippen molar-refractivity contribution in [3.63, 3.8) is 0 Å². The van der Waals surface area contributed by atoms with Crippen LogP contribution in [0, 0.1) is 6.92 Å². The molecule has 1 aromatic carbocycles. The van der Waals surface area contributed by atoms with Crippen molar-refractivity contribution in [3.8, 4) is 11.5 Å². The molecule has 3 aromatic rings. The zero-order valence-corrected chi connectivity index (χ0v) is 19.2. The van der Waals surface area contributed by atoms with Gasteiger partial charge >= 0.3 is 6.36 Å². The summed E-state index contributed by atoms with van der Waals surface area (Å²) < 4.78 is 46.1. The first-order valence-corrected chi connectivity index (χ1v) is 11.1. The van der Waals surface area contributed by atoms with Crippen LogP contribution in [0.3, 0.4) is 0 Å². The Morgan fingerprint density at radius 3 is 2.83 bits per heavy atom. The zero-order chi connectivity index (χ0) is 24.7. The van der Waals surface area contributed by atoms with E-state index in [1.165, 1.54) is 12.3 Å². The average molecular weight is 509 g/mol. The highest BCUT2D eigenvalue weighted by molar-refractivity contribution is 6.32. The van der Waals surface area contributed by atoms with E-state index < -0.39 is 24.6 Å². The lowest BCUT2D eigenvalue weighted by Crippen LogP contribution is -2.44. The summed E-state index contributed by atoms with van der Waals surface area (Å²) in [5.41, 5.74) is 1.70. The van der Waals surface area contributed by atoms with E-state index in [2.05, 4.69) is 35.2 Å². The minimum Gasteiger partial charge on any atom is -0.482 e. The number of nitrogens with one attached hydrogen (secondary N) is 2. The van der Waals surface area contributed by atoms with Crippen LogP contribution in [-0.2, 0) is 4.79 Å². The molecule has 2 aliphatic rings. The second-order valence-electron chi connectivity index (χ2n) is 8.33. The monoisotopic (exact) mass is 508 g/mol. The Bertz CT molecular complexity index is 1290. The van der Waals surface area contributed by atoms with Gasteiger partial charge in [-0.1, -0.05) is 11.6 Å². The van der Waals surface area contributed by atoms with E-state index in [4.69, 9.17) is 16.3 Å². The van der Waals surface area contributed by atoms with E-state index in [1.54, 1.807) is 6.07 Å². The first-order chi connectivity index (χ1) is 16.6. The summed E-state index contributed by atoms with van der Waals surface area (Å²) >= 11 is 5.93. The number of pyridine rings is 1. The number of carbonyl (C=O) groups excluding carboxylic acids is 1. The normalized spacial score (nSPS) is 19.3. The molecule has 35 heavy (non-hydrogen) atoms. The minimum absolute atomic E-state index is 0.0376. The average Bonchev–Trinajstić information content (AvgIpc) is 3.42. The fraction of sp³-hybridized carbons (Fsp3) is 0.364. The van der Waals surface area contributed by atoms with E-state index >= 15 is 0 Å². The quantitative estimate of drug-likeness (QED) is 0.522. The van der Waals surface area contributed by atoms with Crippen molar-refractivity contribution >= 4 is 40.2 Å². The molecule has 5 rings (SSSR count). The summed E-state index contributed by atoms with van der Waals surface area (Å²) in [6.45, 7) is 3.23. The van der Waals surface area contributed by atoms with Crippen LogP contribution in [0.1, 0.15) is 12.1 Å². The molecule has 0 saturated carbocycles. The number of hydrogen-bond acceptors (Lipinski definition) is 8. The lowest BCUT2D eigenvalue weighted by atomic mass is 10.2. The second-order valence-corrected chi connectivity index (χ2v) is 8.74. The summed E-state index contributed by atoms with van der Waals surface area (Å²) in [6, 6.07) is 5.77. The summed E-state index contributed by atoms with van der Waals surface area (Å²) in [5.74, 6) is -0.300. The zero-order valence-electron chi connectivity index (χ0n) is 18.4. The maximum absolute atomic E-state index is 12.3. The second kappa shape index (κ2) is 9.00. The standard InChI is InChI=1S/C22H20ClF3N6O3/c1-11-16-5-12(7-28-20(16)31-21(29-11)32-9-13-4-14(32)8-27-13)30-19(33)10-34-18-3-2-15(6-17(18)23)35-22(24,25)26/h2-3,5-7,13-14,27H,4,8-10H2,1H3,(H,30,33). The molecule has 9 nitrogen and oxygen atoms in total. The van der Waals surface area contributed by atoms with Gasteiger partial charge in [-0.05, 0) is 31.5 Å². The molecule has 0 spiro atoms. The van der Waals surface area contributed by atoms with Gasteiger partial charge < -0.3 is 25.0 Å². The molecule has 184 valence electrons. The first-order valence-electron chi connectivity index (χ1n) is 10.8. The van der Waals surface area contributed by atoms with Crippen LogP contribution in [0.15, 0.2) is 30.5 Å². The van der Waals surface area contributed by atoms with Crippen LogP contribution in [0.2, 0.25) is 5.02 Å². The van der Waals surface area contributed by atoms with Crippen molar-refractivity contribution in [2.24, 2.45) is 0 Å². The van der Waals surface area contributed by atoms with Gasteiger partial charge in [0, 0.05) is 36.6 Å². The molecule has 2 aliphatic heterocycles. The Morgan fingerprint density at radius 2 is 2.14 bits per heavy atom. The molecule has 2 N–H and O–H groups in total. The number of aromatic nitrogens is 3. The number of fused-ring (bicyclic) bond motifs is 3. The van der Waals surface area contributed by atoms with E-state index in [1.807, 2.05) is 6.92 Å². The Kier molecular flexibility index (Phi) is 6.01. The maximum atomic E-state index is 12.3. The molecular weight excluding hydrogens is 489 g/mol. The minimum atomic E-state index is -4.84. The Balaban J connectivity index is 1.23. The first kappa shape index (κ1) is 23.4. The fourth-order valence-corrected chi connectivity index (χ4v) is 4.51. The van der Waals surface area contributed by atoms with E-state index in [0.29, 0.717) is 34.8 Å². The van der Waals surface area contributed by atoms with E-state index in [-0.39, 0.29) is 10.8 Å². The van der Waals surface area contributed by atoms with Crippen LogP contribution >= 0.6 is 11.6 Å². The Labute approximate surface area is 202 Å². The van der Waals surface area contributed by atoms with Gasteiger partial charge in [0.1, 0.15) is 11.5 Å². The highest BCUT2D eigenvalue weighted by Gasteiger charge is 2.39. The summed E-state index contributed by atoms with van der Waals surface area (Å²) in [4.78, 5) is 28.2. The molecule has 0 aliphatic carbocycles. The highest BCUT2D eigenvalue weighted by atomic mass is 35.5. The van der Waals surface area contributed by atoms with Crippen molar-refractivity contribution in [2.75, 3.05) is 29.9 Å². The van der Waals surface area contributed by atoms with Crippen LogP contribution in [0.5, 0.6) is 11.5 Å². The predicted molar refractivity (Wildman–Crippen MR) is 122 cm³/mol. The van der Waals surface area contributed by atoms with Crippen LogP contribution in [0.25, 0.3) is 11.0 Å². The number of aryl methyl sites for hydroxylation is 1. The SMILES string of the molecule is Cc1nc(N2CC3CC2CN3)nc2ncc(NC(=O)COc3ccc(OC(F)(F)F)cc3Cl)cc12. The van der Waals surface area contributed by atoms with Gasteiger partial charge in [0.2, 0.25) is 5.95 Å². The summed E-state index contributed by atoms with van der Waals surface area (Å²) in [6.07, 6.45) is -2.27. The molecule has 4 heterocycles. The molecule has 2 aromatic heterocycles. The molecule has 2 bridgehead atoms. The van der Waals surface area contributed by atoms with Crippen molar-refractivity contribution in [1.82, 2.24) is 20.3 Å². The smallest absolute Gasteiger partial charge is 0.482 e. The van der Waals surface area contributed by atoms with Gasteiger partial charge in [-0.15, -0.1) is 13.2 Å². The highest BCUT2D eigenvalue weighted by Crippen LogP contribution is 2.32. The van der Waals surface area contributed by atoms with Gasteiger partial charge in [-0.25, -0.2) is 9.97 Å². The number of ether oxygens (including phenoxy) is 2. The molecule has 2 saturated heterocycles. The molecule has 2 fully saturated rings. The predicted octanol–water partition coefficient (Wildman–Crippen LogP) is 3.45. The van der Waals surface area contributed by atoms with Gasteiger partial charge in [0.05, 0.1) is 22.6 Å². The number of alkyl halides is 3. The van der Waals surface area contributed by atoms with Gasteiger partial charge in [0.15, 0.2) is 12.3 Å². The summed E-state index contributed by atoms with van der Waals surface area (Å²) in [5, 5.41) is 6.70. The number of amides is 1. The van der Waals surface area contributed by atoms with Crippen molar-refractivity contribution in [1.29, 1.82) is 0 Å². The third kappa shape index (κ3) is 5.17. The lowest BCUT2D eigenvalue weighted by molar-refractivity contribution is -0.274. The van der Waals surface area contributed by atoms with Crippen LogP contribution < -0.4 is 25.0 Å². The van der Waals surface area contributed by atoms with Gasteiger partial charge in [0.25, 0.3) is 5.91 Å². The molecular formula is C22H20ClF3N6O3. The number of benzene rings is 1. The van der Waals surface area contributed by atoms with Crippen LogP contribution in [0.4, 0.5) is 24.8 Å². The fourth-order valence-electron chi connectivity index (χ4n) is 4.28. The van der Waals surface area contributed by atoms with Gasteiger partial charge in [-0.2, -0.15) is 4.98 Å². The van der Waals surface area contributed by atoms with Crippen molar-refractivity contribution in [2.45, 2.75) is 31.8 Å². The van der Waals surface area contributed by atoms with E-state index in [9.17, 15) is 18.0 Å². The maximum Gasteiger partial charge on any atom is 0.573 e. The van der Waals surface area contributed by atoms with Crippen LogP contribution in [-0.4, -0.2) is 59.0 Å². The van der Waals surface area contributed by atoms with Gasteiger partial charge in [-0.3, -0.25) is 4.79 Å². The molecule has 0 radical (unpaired) electrons. The van der Waals surface area contributed by atoms with E-state index in [0.717, 1.165) is 37.3 Å². The topological polar surface area (TPSA) is 102 Å². The number of halogens is 4. The molecule has 2 atom stereocenters.